The van der Waals surface area contributed by atoms with Gasteiger partial charge in [-0.25, -0.2) is 4.98 Å². The zero-order valence-electron chi connectivity index (χ0n) is 44.8. The summed E-state index contributed by atoms with van der Waals surface area (Å²) < 4.78 is 9.86. The first-order valence-electron chi connectivity index (χ1n) is 28.0. The highest BCUT2D eigenvalue weighted by molar-refractivity contribution is 7.25. The minimum atomic E-state index is 0.965. The van der Waals surface area contributed by atoms with Crippen molar-refractivity contribution in [3.8, 4) is 39.3 Å². The summed E-state index contributed by atoms with van der Waals surface area (Å²) in [5, 5.41) is 17.1. The minimum Gasteiger partial charge on any atom is -0.309 e. The molecular formula is C77H49N4S+. The fraction of sp³-hybridized carbons (Fsp3) is 0.0130. The molecule has 0 spiro atoms. The summed E-state index contributed by atoms with van der Waals surface area (Å²) in [6, 6.07) is 87.8. The number of fused-ring (bicyclic) bond motifs is 18. The van der Waals surface area contributed by atoms with Gasteiger partial charge < -0.3 is 9.13 Å². The molecule has 0 saturated carbocycles. The molecule has 13 aromatic carbocycles. The normalized spacial score (nSPS) is 12.2. The quantitative estimate of drug-likeness (QED) is 0.0888. The first-order valence-corrected chi connectivity index (χ1v) is 28.8. The highest BCUT2D eigenvalue weighted by atomic mass is 32.1. The maximum absolute atomic E-state index is 5.24. The van der Waals surface area contributed by atoms with E-state index in [0.29, 0.717) is 0 Å². The molecule has 0 unspecified atom stereocenters. The smallest absolute Gasteiger partial charge is 0.245 e. The molecule has 4 aromatic heterocycles. The lowest BCUT2D eigenvalue weighted by Crippen LogP contribution is -2.31. The highest BCUT2D eigenvalue weighted by Gasteiger charge is 2.24. The van der Waals surface area contributed by atoms with E-state index in [1.165, 1.54) is 119 Å². The molecule has 5 heteroatoms. The molecule has 0 amide bonds. The van der Waals surface area contributed by atoms with E-state index in [0.717, 1.165) is 49.8 Å². The molecule has 0 aliphatic heterocycles. The van der Waals surface area contributed by atoms with Gasteiger partial charge in [0.25, 0.3) is 0 Å². The van der Waals surface area contributed by atoms with Crippen LogP contribution in [-0.4, -0.2) is 14.1 Å². The molecule has 0 aliphatic carbocycles. The Morgan fingerprint density at radius 2 is 0.939 bits per heavy atom. The van der Waals surface area contributed by atoms with Crippen LogP contribution in [0, 0.1) is 6.92 Å². The molecule has 17 rings (SSSR count). The van der Waals surface area contributed by atoms with Crippen molar-refractivity contribution in [1.29, 1.82) is 0 Å². The Hall–Kier alpha value is -10.5. The third-order valence-electron chi connectivity index (χ3n) is 17.4. The van der Waals surface area contributed by atoms with Crippen molar-refractivity contribution in [2.24, 2.45) is 0 Å². The van der Waals surface area contributed by atoms with Crippen LogP contribution in [0.1, 0.15) is 11.1 Å². The van der Waals surface area contributed by atoms with Crippen LogP contribution in [0.5, 0.6) is 0 Å². The predicted octanol–water partition coefficient (Wildman–Crippen LogP) is 20.5. The van der Waals surface area contributed by atoms with Gasteiger partial charge in [-0.3, -0.25) is 0 Å². The standard InChI is InChI=1S/C77H49N4S/c1-3-4-18-55-47(2)56-34-29-50(42-65(56)59-21-6-5-19-57(55)59)48-16-15-17-49(41-48)51-30-35-60-58-20-7-8-25-64(58)77-76(69(60)43-51)78-39-40-79(77)52-31-36-72-66(44-52)61-22-9-12-26-70(61)80(72)53-32-37-73-67(45-53)62-23-10-13-27-71(62)81(73)54-33-38-75-68(46-54)63-24-11-14-28-74(63)82-75/h3-46H,1H2,2H3/q+1/b18-4-. The van der Waals surface area contributed by atoms with Crippen molar-refractivity contribution in [1.82, 2.24) is 14.1 Å². The van der Waals surface area contributed by atoms with Crippen molar-refractivity contribution in [3.05, 3.63) is 279 Å². The van der Waals surface area contributed by atoms with Crippen LogP contribution < -0.4 is 4.57 Å². The van der Waals surface area contributed by atoms with E-state index >= 15 is 0 Å². The van der Waals surface area contributed by atoms with Crippen LogP contribution in [-0.2, 0) is 0 Å². The average Bonchev–Trinajstić information content (AvgIpc) is 4.31. The largest absolute Gasteiger partial charge is 0.309 e. The van der Waals surface area contributed by atoms with Gasteiger partial charge in [0.2, 0.25) is 11.2 Å². The molecule has 82 heavy (non-hydrogen) atoms. The van der Waals surface area contributed by atoms with E-state index < -0.39 is 0 Å². The highest BCUT2D eigenvalue weighted by Crippen LogP contribution is 2.43. The Morgan fingerprint density at radius 3 is 1.67 bits per heavy atom. The average molecular weight is 1060 g/mol. The third-order valence-corrected chi connectivity index (χ3v) is 18.5. The second-order valence-corrected chi connectivity index (χ2v) is 22.8. The number of aryl methyl sites for hydroxylation is 1. The fourth-order valence-electron chi connectivity index (χ4n) is 13.6. The van der Waals surface area contributed by atoms with Crippen LogP contribution in [0.2, 0.25) is 0 Å². The van der Waals surface area contributed by atoms with Crippen LogP contribution in [0.4, 0.5) is 0 Å². The van der Waals surface area contributed by atoms with E-state index in [1.54, 1.807) is 0 Å². The zero-order chi connectivity index (χ0) is 54.2. The Labute approximate surface area is 476 Å². The van der Waals surface area contributed by atoms with Crippen molar-refractivity contribution in [2.45, 2.75) is 6.92 Å². The number of allylic oxidation sites excluding steroid dienone is 2. The molecule has 17 aromatic rings. The van der Waals surface area contributed by atoms with Crippen molar-refractivity contribution in [2.75, 3.05) is 0 Å². The summed E-state index contributed by atoms with van der Waals surface area (Å²) in [4.78, 5) is 5.24. The van der Waals surface area contributed by atoms with Gasteiger partial charge in [-0.2, -0.15) is 4.57 Å². The lowest BCUT2D eigenvalue weighted by molar-refractivity contribution is -0.566. The van der Waals surface area contributed by atoms with Gasteiger partial charge >= 0.3 is 0 Å². The molecule has 0 radical (unpaired) electrons. The van der Waals surface area contributed by atoms with E-state index in [4.69, 9.17) is 4.98 Å². The molecular weight excluding hydrogens is 1010 g/mol. The number of rotatable bonds is 7. The Kier molecular flexibility index (Phi) is 10.2. The molecule has 0 N–H and O–H groups in total. The monoisotopic (exact) mass is 1060 g/mol. The second-order valence-electron chi connectivity index (χ2n) is 21.7. The predicted molar refractivity (Wildman–Crippen MR) is 350 cm³/mol. The zero-order valence-corrected chi connectivity index (χ0v) is 45.6. The van der Waals surface area contributed by atoms with Crippen LogP contribution in [0.3, 0.4) is 0 Å². The van der Waals surface area contributed by atoms with Gasteiger partial charge in [0.05, 0.1) is 33.6 Å². The topological polar surface area (TPSA) is 26.6 Å². The maximum atomic E-state index is 5.24. The summed E-state index contributed by atoms with van der Waals surface area (Å²) in [6.07, 6.45) is 10.2. The summed E-state index contributed by atoms with van der Waals surface area (Å²) in [5.74, 6) is 0. The van der Waals surface area contributed by atoms with Gasteiger partial charge in [0, 0.05) is 70.6 Å². The first kappa shape index (κ1) is 46.5. The molecule has 0 aliphatic rings. The van der Waals surface area contributed by atoms with Gasteiger partial charge in [0.1, 0.15) is 5.52 Å². The number of aromatic nitrogens is 4. The first-order chi connectivity index (χ1) is 40.5. The van der Waals surface area contributed by atoms with Crippen molar-refractivity contribution >= 4 is 135 Å². The van der Waals surface area contributed by atoms with Gasteiger partial charge in [0.15, 0.2) is 6.20 Å². The van der Waals surface area contributed by atoms with E-state index in [2.05, 4.69) is 276 Å². The summed E-state index contributed by atoms with van der Waals surface area (Å²) in [7, 11) is 0. The molecule has 0 fully saturated rings. The maximum Gasteiger partial charge on any atom is 0.245 e. The van der Waals surface area contributed by atoms with Gasteiger partial charge in [-0.15, -0.1) is 11.3 Å². The Bertz CT molecular complexity index is 5630. The second kappa shape index (κ2) is 18.0. The van der Waals surface area contributed by atoms with E-state index in [-0.39, 0.29) is 0 Å². The number of benzene rings is 13. The molecule has 382 valence electrons. The summed E-state index contributed by atoms with van der Waals surface area (Å²) >= 11 is 1.86. The Morgan fingerprint density at radius 1 is 0.402 bits per heavy atom. The number of hydrogen-bond acceptors (Lipinski definition) is 2. The van der Waals surface area contributed by atoms with E-state index in [1.807, 2.05) is 29.7 Å². The lowest BCUT2D eigenvalue weighted by Gasteiger charge is -2.14. The number of para-hydroxylation sites is 2. The minimum absolute atomic E-state index is 0.965. The van der Waals surface area contributed by atoms with Crippen LogP contribution in [0.15, 0.2) is 268 Å². The molecule has 0 saturated heterocycles. The third kappa shape index (κ3) is 6.90. The molecule has 4 heterocycles. The van der Waals surface area contributed by atoms with E-state index in [9.17, 15) is 0 Å². The van der Waals surface area contributed by atoms with Crippen LogP contribution >= 0.6 is 11.3 Å². The number of thiophene rings is 1. The summed E-state index contributed by atoms with van der Waals surface area (Å²) in [6.45, 7) is 6.16. The fourth-order valence-corrected chi connectivity index (χ4v) is 14.7. The van der Waals surface area contributed by atoms with Crippen molar-refractivity contribution < 1.29 is 4.57 Å². The van der Waals surface area contributed by atoms with Crippen molar-refractivity contribution in [3.63, 3.8) is 0 Å². The summed E-state index contributed by atoms with van der Waals surface area (Å²) in [5.41, 5.74) is 17.3. The molecule has 0 atom stereocenters. The number of nitrogens with zero attached hydrogens (tertiary/aromatic N) is 4. The molecule has 0 bridgehead atoms. The SMILES string of the molecule is C=C/C=C\c1c(C)c2ccc(-c3cccc(-c4ccc5c6ccccc6c6c(ncc[n+]6-c6ccc7c(c6)c6ccccc6n7-c6ccc7c(c6)c6ccccc6n7-c6ccc7sc8ccccc8c7c6)c5c4)c3)cc2c2ccccc12. The van der Waals surface area contributed by atoms with Gasteiger partial charge in [-0.1, -0.05) is 164 Å². The van der Waals surface area contributed by atoms with Gasteiger partial charge in [-0.05, 0) is 158 Å². The Balaban J connectivity index is 0.789. The lowest BCUT2D eigenvalue weighted by atomic mass is 9.89. The molecule has 4 nitrogen and oxygen atoms in total. The van der Waals surface area contributed by atoms with Crippen LogP contribution in [0.25, 0.3) is 163 Å². The number of hydrogen-bond donors (Lipinski definition) is 0.